The summed E-state index contributed by atoms with van der Waals surface area (Å²) in [6, 6.07) is 7.14. The second kappa shape index (κ2) is 8.18. The van der Waals surface area contributed by atoms with E-state index in [1.165, 1.54) is 0 Å². The maximum Gasteiger partial charge on any atom is 0.335 e. The molecule has 0 aliphatic rings. The van der Waals surface area contributed by atoms with Crippen LogP contribution in [0.15, 0.2) is 30.3 Å². The molecule has 2 aromatic rings. The third-order valence-corrected chi connectivity index (χ3v) is 4.93. The molecule has 0 aliphatic heterocycles. The molecule has 142 valence electrons. The first-order valence-electron chi connectivity index (χ1n) is 8.77. The van der Waals surface area contributed by atoms with Crippen molar-refractivity contribution in [3.05, 3.63) is 74.8 Å². The summed E-state index contributed by atoms with van der Waals surface area (Å²) < 4.78 is 0. The Balaban J connectivity index is 2.76. The van der Waals surface area contributed by atoms with Gasteiger partial charge in [0.15, 0.2) is 0 Å². The molecule has 0 atom stereocenters. The summed E-state index contributed by atoms with van der Waals surface area (Å²) in [7, 11) is 0. The molecule has 5 heteroatoms. The van der Waals surface area contributed by atoms with Crippen molar-refractivity contribution in [3.63, 3.8) is 0 Å². The average molecular weight is 367 g/mol. The zero-order chi connectivity index (χ0) is 20.3. The predicted octanol–water partition coefficient (Wildman–Crippen LogP) is 4.10. The van der Waals surface area contributed by atoms with E-state index in [9.17, 15) is 19.8 Å². The van der Waals surface area contributed by atoms with Gasteiger partial charge in [-0.15, -0.1) is 0 Å². The third kappa shape index (κ3) is 4.26. The molecule has 2 rings (SSSR count). The molecule has 2 aromatic carbocycles. The van der Waals surface area contributed by atoms with Crippen LogP contribution in [0.3, 0.4) is 0 Å². The Kier molecular flexibility index (Phi) is 6.18. The first kappa shape index (κ1) is 20.4. The van der Waals surface area contributed by atoms with Crippen LogP contribution in [-0.4, -0.2) is 28.7 Å². The first-order valence-corrected chi connectivity index (χ1v) is 8.77. The number of rotatable bonds is 6. The Morgan fingerprint density at radius 2 is 1.26 bits per heavy atom. The van der Waals surface area contributed by atoms with Gasteiger partial charge in [0.05, 0.1) is 11.1 Å². The van der Waals surface area contributed by atoms with E-state index in [-0.39, 0.29) is 11.1 Å². The molecular formula is C22H25NO4. The number of benzene rings is 2. The summed E-state index contributed by atoms with van der Waals surface area (Å²) in [6.07, 6.45) is 2.53. The first-order chi connectivity index (χ1) is 12.7. The molecule has 0 aliphatic carbocycles. The number of carbonyl (C=O) groups is 2. The third-order valence-electron chi connectivity index (χ3n) is 4.93. The fraction of sp³-hybridized carbons (Fsp3) is 0.273. The maximum atomic E-state index is 11.6. The van der Waals surface area contributed by atoms with Gasteiger partial charge in [0.2, 0.25) is 0 Å². The molecular weight excluding hydrogens is 342 g/mol. The molecule has 0 amide bonds. The van der Waals surface area contributed by atoms with Crippen LogP contribution in [-0.2, 0) is 0 Å². The Hall–Kier alpha value is -2.92. The number of aryl methyl sites for hydroxylation is 2. The zero-order valence-electron chi connectivity index (χ0n) is 16.1. The van der Waals surface area contributed by atoms with E-state index in [1.807, 2.05) is 32.1 Å². The minimum atomic E-state index is -0.984. The highest BCUT2D eigenvalue weighted by molar-refractivity contribution is 5.94. The SMILES string of the molecule is Cc1cc(C(=CCCN)c2cc(C)c(C)c(C(=O)O)c2)cc(C(=O)O)c1C. The van der Waals surface area contributed by atoms with Crippen molar-refractivity contribution in [1.29, 1.82) is 0 Å². The van der Waals surface area contributed by atoms with Crippen LogP contribution in [0.1, 0.15) is 60.5 Å². The summed E-state index contributed by atoms with van der Waals surface area (Å²) in [6.45, 7) is 7.75. The summed E-state index contributed by atoms with van der Waals surface area (Å²) in [5.74, 6) is -1.97. The Bertz CT molecular complexity index is 870. The minimum Gasteiger partial charge on any atom is -0.478 e. The predicted molar refractivity (Wildman–Crippen MR) is 107 cm³/mol. The Morgan fingerprint density at radius 1 is 0.852 bits per heavy atom. The summed E-state index contributed by atoms with van der Waals surface area (Å²) in [4.78, 5) is 23.2. The lowest BCUT2D eigenvalue weighted by Gasteiger charge is -2.16. The van der Waals surface area contributed by atoms with E-state index in [0.717, 1.165) is 39.0 Å². The van der Waals surface area contributed by atoms with Gasteiger partial charge in [-0.25, -0.2) is 9.59 Å². The summed E-state index contributed by atoms with van der Waals surface area (Å²) in [5, 5.41) is 19.0. The number of carboxylic acids is 2. The van der Waals surface area contributed by atoms with Crippen LogP contribution in [0.4, 0.5) is 0 Å². The van der Waals surface area contributed by atoms with Crippen LogP contribution < -0.4 is 5.73 Å². The molecule has 0 bridgehead atoms. The van der Waals surface area contributed by atoms with Gasteiger partial charge in [0.25, 0.3) is 0 Å². The number of carboxylic acid groups (broad SMARTS) is 2. The maximum absolute atomic E-state index is 11.6. The molecule has 0 unspecified atom stereocenters. The molecule has 5 nitrogen and oxygen atoms in total. The van der Waals surface area contributed by atoms with E-state index in [4.69, 9.17) is 5.73 Å². The molecule has 0 spiro atoms. The van der Waals surface area contributed by atoms with Crippen molar-refractivity contribution >= 4 is 17.5 Å². The number of nitrogens with two attached hydrogens (primary N) is 1. The molecule has 0 saturated carbocycles. The van der Waals surface area contributed by atoms with Crippen molar-refractivity contribution in [3.8, 4) is 0 Å². The van der Waals surface area contributed by atoms with Crippen molar-refractivity contribution < 1.29 is 19.8 Å². The number of aromatic carboxylic acids is 2. The standard InChI is InChI=1S/C22H25NO4/c1-12-8-16(10-19(14(12)3)21(24)25)18(6-5-7-23)17-9-13(2)15(4)20(11-17)22(26)27/h6,8-11H,5,7,23H2,1-4H3,(H,24,25)(H,26,27). The fourth-order valence-corrected chi connectivity index (χ4v) is 3.10. The average Bonchev–Trinajstić information content (AvgIpc) is 2.60. The van der Waals surface area contributed by atoms with Crippen molar-refractivity contribution in [2.75, 3.05) is 6.54 Å². The van der Waals surface area contributed by atoms with E-state index in [2.05, 4.69) is 0 Å². The summed E-state index contributed by atoms with van der Waals surface area (Å²) >= 11 is 0. The van der Waals surface area contributed by atoms with Crippen molar-refractivity contribution in [1.82, 2.24) is 0 Å². The summed E-state index contributed by atoms with van der Waals surface area (Å²) in [5.41, 5.74) is 11.6. The van der Waals surface area contributed by atoms with Gasteiger partial charge in [-0.05, 0) is 91.7 Å². The van der Waals surface area contributed by atoms with Crippen LogP contribution in [0.25, 0.3) is 5.57 Å². The van der Waals surface area contributed by atoms with E-state index >= 15 is 0 Å². The highest BCUT2D eigenvalue weighted by Crippen LogP contribution is 2.30. The highest BCUT2D eigenvalue weighted by Gasteiger charge is 2.17. The quantitative estimate of drug-likeness (QED) is 0.714. The molecule has 0 heterocycles. The van der Waals surface area contributed by atoms with E-state index < -0.39 is 11.9 Å². The number of hydrogen-bond acceptors (Lipinski definition) is 3. The van der Waals surface area contributed by atoms with Crippen LogP contribution >= 0.6 is 0 Å². The van der Waals surface area contributed by atoms with Gasteiger partial charge >= 0.3 is 11.9 Å². The lowest BCUT2D eigenvalue weighted by molar-refractivity contribution is 0.0685. The second-order valence-corrected chi connectivity index (χ2v) is 6.74. The molecule has 0 fully saturated rings. The van der Waals surface area contributed by atoms with Gasteiger partial charge in [-0.1, -0.05) is 18.2 Å². The monoisotopic (exact) mass is 367 g/mol. The Morgan fingerprint density at radius 3 is 1.59 bits per heavy atom. The van der Waals surface area contributed by atoms with Crippen LogP contribution in [0.2, 0.25) is 0 Å². The van der Waals surface area contributed by atoms with Gasteiger partial charge in [-0.2, -0.15) is 0 Å². The molecule has 4 N–H and O–H groups in total. The van der Waals surface area contributed by atoms with Gasteiger partial charge in [-0.3, -0.25) is 0 Å². The molecule has 27 heavy (non-hydrogen) atoms. The van der Waals surface area contributed by atoms with Crippen molar-refractivity contribution in [2.45, 2.75) is 34.1 Å². The van der Waals surface area contributed by atoms with Crippen LogP contribution in [0, 0.1) is 27.7 Å². The van der Waals surface area contributed by atoms with Crippen molar-refractivity contribution in [2.24, 2.45) is 5.73 Å². The van der Waals surface area contributed by atoms with Gasteiger partial charge in [0.1, 0.15) is 0 Å². The fourth-order valence-electron chi connectivity index (χ4n) is 3.10. The molecule has 0 aromatic heterocycles. The van der Waals surface area contributed by atoms with Gasteiger partial charge in [0, 0.05) is 0 Å². The number of hydrogen-bond donors (Lipinski definition) is 3. The Labute approximate surface area is 159 Å². The normalized spacial score (nSPS) is 10.6. The van der Waals surface area contributed by atoms with Gasteiger partial charge < -0.3 is 15.9 Å². The molecule has 0 saturated heterocycles. The van der Waals surface area contributed by atoms with E-state index in [1.54, 1.807) is 26.0 Å². The molecule has 0 radical (unpaired) electrons. The highest BCUT2D eigenvalue weighted by atomic mass is 16.4. The second-order valence-electron chi connectivity index (χ2n) is 6.74. The lowest BCUT2D eigenvalue weighted by Crippen LogP contribution is -2.06. The smallest absolute Gasteiger partial charge is 0.335 e. The topological polar surface area (TPSA) is 101 Å². The zero-order valence-corrected chi connectivity index (χ0v) is 16.1. The largest absolute Gasteiger partial charge is 0.478 e. The van der Waals surface area contributed by atoms with E-state index in [0.29, 0.717) is 13.0 Å². The minimum absolute atomic E-state index is 0.242. The van der Waals surface area contributed by atoms with Crippen LogP contribution in [0.5, 0.6) is 0 Å². The lowest BCUT2D eigenvalue weighted by atomic mass is 9.88.